The summed E-state index contributed by atoms with van der Waals surface area (Å²) in [6.45, 7) is 2.18. The van der Waals surface area contributed by atoms with E-state index in [9.17, 15) is 9.59 Å². The molecule has 4 rings (SSSR count). The van der Waals surface area contributed by atoms with Gasteiger partial charge >= 0.3 is 6.03 Å². The highest BCUT2D eigenvalue weighted by Crippen LogP contribution is 2.30. The number of imide groups is 1. The Bertz CT molecular complexity index is 1150. The zero-order chi connectivity index (χ0) is 20.5. The van der Waals surface area contributed by atoms with Crippen molar-refractivity contribution in [1.82, 2.24) is 10.2 Å². The lowest BCUT2D eigenvalue weighted by molar-refractivity contribution is -0.123. The van der Waals surface area contributed by atoms with Crippen molar-refractivity contribution < 1.29 is 14.0 Å². The normalized spacial score (nSPS) is 15.3. The average Bonchev–Trinajstić information content (AvgIpc) is 3.25. The summed E-state index contributed by atoms with van der Waals surface area (Å²) in [5.41, 5.74) is 2.95. The van der Waals surface area contributed by atoms with E-state index < -0.39 is 6.03 Å². The highest BCUT2D eigenvalue weighted by atomic mass is 79.9. The van der Waals surface area contributed by atoms with Crippen LogP contribution in [0.3, 0.4) is 0 Å². The van der Waals surface area contributed by atoms with Gasteiger partial charge in [0, 0.05) is 16.1 Å². The molecule has 0 aliphatic carbocycles. The predicted octanol–water partition coefficient (Wildman–Crippen LogP) is 5.76. The molecule has 5 nitrogen and oxygen atoms in total. The molecule has 7 heteroatoms. The average molecular weight is 472 g/mol. The van der Waals surface area contributed by atoms with Crippen LogP contribution in [-0.4, -0.2) is 16.8 Å². The number of carbonyl (C=O) groups is 2. The summed E-state index contributed by atoms with van der Waals surface area (Å²) in [5, 5.41) is 3.19. The van der Waals surface area contributed by atoms with Crippen molar-refractivity contribution in [1.29, 1.82) is 0 Å². The van der Waals surface area contributed by atoms with Crippen LogP contribution in [-0.2, 0) is 11.3 Å². The summed E-state index contributed by atoms with van der Waals surface area (Å²) < 4.78 is 6.60. The summed E-state index contributed by atoms with van der Waals surface area (Å²) in [5.74, 6) is 0.681. The number of hydrogen-bond acceptors (Lipinski definition) is 3. The van der Waals surface area contributed by atoms with Crippen molar-refractivity contribution in [2.45, 2.75) is 13.5 Å². The molecule has 0 unspecified atom stereocenters. The molecule has 146 valence electrons. The number of carbonyl (C=O) groups excluding carboxylic acids is 2. The maximum absolute atomic E-state index is 12.7. The smallest absolute Gasteiger partial charge is 0.329 e. The largest absolute Gasteiger partial charge is 0.457 e. The number of rotatable bonds is 4. The Morgan fingerprint density at radius 3 is 2.72 bits per heavy atom. The van der Waals surface area contributed by atoms with Gasteiger partial charge in [-0.1, -0.05) is 47.5 Å². The van der Waals surface area contributed by atoms with E-state index in [0.717, 1.165) is 21.2 Å². The predicted molar refractivity (Wildman–Crippen MR) is 115 cm³/mol. The molecule has 1 aliphatic rings. The maximum atomic E-state index is 12.7. The van der Waals surface area contributed by atoms with Crippen LogP contribution in [0.4, 0.5) is 4.79 Å². The molecule has 3 amide bonds. The first kappa shape index (κ1) is 19.5. The lowest BCUT2D eigenvalue weighted by Crippen LogP contribution is -2.30. The number of aryl methyl sites for hydroxylation is 1. The Morgan fingerprint density at radius 2 is 1.97 bits per heavy atom. The van der Waals surface area contributed by atoms with E-state index in [0.29, 0.717) is 16.5 Å². The Balaban J connectivity index is 1.54. The summed E-state index contributed by atoms with van der Waals surface area (Å²) in [4.78, 5) is 26.1. The fourth-order valence-corrected chi connectivity index (χ4v) is 3.51. The van der Waals surface area contributed by atoms with Crippen molar-refractivity contribution in [2.75, 3.05) is 0 Å². The Labute approximate surface area is 181 Å². The molecule has 1 aromatic heterocycles. The fourth-order valence-electron chi connectivity index (χ4n) is 3.09. The van der Waals surface area contributed by atoms with Gasteiger partial charge in [-0.2, -0.15) is 0 Å². The third-order valence-electron chi connectivity index (χ3n) is 4.50. The van der Waals surface area contributed by atoms with Gasteiger partial charge in [0.2, 0.25) is 0 Å². The first-order chi connectivity index (χ1) is 13.9. The van der Waals surface area contributed by atoms with Crippen LogP contribution in [0.2, 0.25) is 5.02 Å². The van der Waals surface area contributed by atoms with Crippen molar-refractivity contribution in [3.05, 3.63) is 86.7 Å². The minimum Gasteiger partial charge on any atom is -0.457 e. The molecule has 0 atom stereocenters. The molecule has 2 heterocycles. The van der Waals surface area contributed by atoms with Crippen molar-refractivity contribution in [3.8, 4) is 11.3 Å². The molecular formula is C22H16BrClN2O3. The second kappa shape index (κ2) is 7.89. The van der Waals surface area contributed by atoms with Gasteiger partial charge in [0.1, 0.15) is 17.2 Å². The Kier molecular flexibility index (Phi) is 5.30. The molecule has 0 bridgehead atoms. The quantitative estimate of drug-likeness (QED) is 0.388. The van der Waals surface area contributed by atoms with Gasteiger partial charge < -0.3 is 9.73 Å². The molecule has 29 heavy (non-hydrogen) atoms. The summed E-state index contributed by atoms with van der Waals surface area (Å²) in [6.07, 6.45) is 1.53. The maximum Gasteiger partial charge on any atom is 0.329 e. The summed E-state index contributed by atoms with van der Waals surface area (Å²) in [7, 11) is 0. The highest BCUT2D eigenvalue weighted by Gasteiger charge is 2.33. The van der Waals surface area contributed by atoms with Gasteiger partial charge in [-0.15, -0.1) is 0 Å². The van der Waals surface area contributed by atoms with Crippen molar-refractivity contribution in [3.63, 3.8) is 0 Å². The Morgan fingerprint density at radius 1 is 1.14 bits per heavy atom. The molecule has 1 saturated heterocycles. The van der Waals surface area contributed by atoms with Crippen LogP contribution in [0.1, 0.15) is 16.9 Å². The van der Waals surface area contributed by atoms with Gasteiger partial charge in [0.15, 0.2) is 0 Å². The van der Waals surface area contributed by atoms with Gasteiger partial charge in [0.25, 0.3) is 5.91 Å². The minimum atomic E-state index is -0.450. The Hall–Kier alpha value is -2.83. The minimum absolute atomic E-state index is 0.178. The van der Waals surface area contributed by atoms with Gasteiger partial charge in [-0.3, -0.25) is 9.69 Å². The van der Waals surface area contributed by atoms with Crippen LogP contribution in [0, 0.1) is 6.92 Å². The lowest BCUT2D eigenvalue weighted by Gasteiger charge is -2.12. The third-order valence-corrected chi connectivity index (χ3v) is 5.74. The molecule has 3 aromatic rings. The standard InChI is InChI=1S/C22H16BrClN2O3/c1-13-3-2-4-14(9-13)12-26-21(27)19(25-22(26)28)11-16-6-8-20(29-16)15-5-7-17(23)18(24)10-15/h2-11H,12H2,1H3,(H,25,28)/b19-11+. The second-order valence-electron chi connectivity index (χ2n) is 6.70. The number of furan rings is 1. The van der Waals surface area contributed by atoms with E-state index in [4.69, 9.17) is 16.0 Å². The van der Waals surface area contributed by atoms with E-state index in [2.05, 4.69) is 21.2 Å². The summed E-state index contributed by atoms with van der Waals surface area (Å²) >= 11 is 9.49. The molecule has 0 spiro atoms. The zero-order valence-corrected chi connectivity index (χ0v) is 17.8. The van der Waals surface area contributed by atoms with Crippen LogP contribution >= 0.6 is 27.5 Å². The van der Waals surface area contributed by atoms with Gasteiger partial charge in [-0.25, -0.2) is 4.79 Å². The molecule has 1 fully saturated rings. The van der Waals surface area contributed by atoms with E-state index in [1.807, 2.05) is 43.3 Å². The monoisotopic (exact) mass is 470 g/mol. The van der Waals surface area contributed by atoms with Crippen LogP contribution in [0.5, 0.6) is 0 Å². The van der Waals surface area contributed by atoms with Crippen LogP contribution in [0.25, 0.3) is 17.4 Å². The number of halogens is 2. The van der Waals surface area contributed by atoms with Crippen LogP contribution in [0.15, 0.2) is 69.2 Å². The van der Waals surface area contributed by atoms with Crippen LogP contribution < -0.4 is 5.32 Å². The number of nitrogens with zero attached hydrogens (tertiary/aromatic N) is 1. The van der Waals surface area contributed by atoms with Crippen molar-refractivity contribution >= 4 is 45.5 Å². The summed E-state index contributed by atoms with van der Waals surface area (Å²) in [6, 6.07) is 16.3. The number of hydrogen-bond donors (Lipinski definition) is 1. The van der Waals surface area contributed by atoms with E-state index in [-0.39, 0.29) is 18.1 Å². The molecular weight excluding hydrogens is 456 g/mol. The first-order valence-corrected chi connectivity index (χ1v) is 10.0. The van der Waals surface area contributed by atoms with E-state index in [1.54, 1.807) is 18.2 Å². The number of urea groups is 1. The van der Waals surface area contributed by atoms with Gasteiger partial charge in [0.05, 0.1) is 11.6 Å². The third kappa shape index (κ3) is 4.13. The lowest BCUT2D eigenvalue weighted by atomic mass is 10.1. The number of nitrogens with one attached hydrogen (secondary N) is 1. The van der Waals surface area contributed by atoms with E-state index in [1.165, 1.54) is 11.0 Å². The second-order valence-corrected chi connectivity index (χ2v) is 7.96. The van der Waals surface area contributed by atoms with E-state index >= 15 is 0 Å². The number of benzene rings is 2. The molecule has 2 aromatic carbocycles. The first-order valence-electron chi connectivity index (χ1n) is 8.86. The number of amides is 3. The van der Waals surface area contributed by atoms with Gasteiger partial charge in [-0.05, 0) is 52.7 Å². The molecule has 1 N–H and O–H groups in total. The zero-order valence-electron chi connectivity index (χ0n) is 15.4. The highest BCUT2D eigenvalue weighted by molar-refractivity contribution is 9.10. The SMILES string of the molecule is Cc1cccc(CN2C(=O)N/C(=C/c3ccc(-c4ccc(Br)c(Cl)c4)o3)C2=O)c1. The molecule has 0 radical (unpaired) electrons. The fraction of sp³-hybridized carbons (Fsp3) is 0.0909. The molecule has 1 aliphatic heterocycles. The topological polar surface area (TPSA) is 62.6 Å². The molecule has 0 saturated carbocycles. The van der Waals surface area contributed by atoms with Crippen molar-refractivity contribution in [2.24, 2.45) is 0 Å².